The van der Waals surface area contributed by atoms with Crippen molar-refractivity contribution in [3.8, 4) is 0 Å². The molecule has 0 aromatic rings. The largest absolute Gasteiger partial charge is 0.370 e. The lowest BCUT2D eigenvalue weighted by molar-refractivity contribution is -0.132. The number of primary amides is 1. The minimum atomic E-state index is -0.803. The monoisotopic (exact) mass is 159 g/mol. The molecule has 5 heteroatoms. The maximum Gasteiger partial charge on any atom is 0.239 e. The van der Waals surface area contributed by atoms with Crippen LogP contribution in [0.25, 0.3) is 0 Å². The zero-order valence-corrected chi connectivity index (χ0v) is 6.70. The van der Waals surface area contributed by atoms with Crippen LogP contribution in [0.2, 0.25) is 0 Å². The summed E-state index contributed by atoms with van der Waals surface area (Å²) in [5.74, 6) is -0.850. The molecule has 0 aromatic heterocycles. The molecule has 11 heavy (non-hydrogen) atoms. The van der Waals surface area contributed by atoms with E-state index in [1.807, 2.05) is 0 Å². The highest BCUT2D eigenvalue weighted by molar-refractivity contribution is 5.87. The van der Waals surface area contributed by atoms with Crippen LogP contribution < -0.4 is 11.5 Å². The van der Waals surface area contributed by atoms with Crippen molar-refractivity contribution in [1.29, 1.82) is 0 Å². The highest BCUT2D eigenvalue weighted by atomic mass is 16.2. The van der Waals surface area contributed by atoms with Gasteiger partial charge in [0.25, 0.3) is 0 Å². The van der Waals surface area contributed by atoms with Crippen LogP contribution in [0, 0.1) is 0 Å². The number of likely N-dealkylation sites (N-methyl/N-ethyl adjacent to an activating group) is 1. The van der Waals surface area contributed by atoms with E-state index in [4.69, 9.17) is 11.5 Å². The van der Waals surface area contributed by atoms with Crippen LogP contribution in [0.1, 0.15) is 6.42 Å². The fourth-order valence-corrected chi connectivity index (χ4v) is 0.636. The summed E-state index contributed by atoms with van der Waals surface area (Å²) >= 11 is 0. The first kappa shape index (κ1) is 9.90. The molecule has 0 aliphatic rings. The molecule has 0 rings (SSSR count). The summed E-state index contributed by atoms with van der Waals surface area (Å²) in [5.41, 5.74) is 10.2. The molecule has 0 radical (unpaired) electrons. The lowest BCUT2D eigenvalue weighted by Crippen LogP contribution is -2.42. The standard InChI is InChI=1S/C6H13N3O2/c1-9(2)6(11)4(7)3-5(8)10/h4H,3,7H2,1-2H3,(H2,8,10)/t4-/m1/s1. The van der Waals surface area contributed by atoms with Gasteiger partial charge in [-0.05, 0) is 0 Å². The number of carbonyl (C=O) groups is 2. The predicted molar refractivity (Wildman–Crippen MR) is 40.5 cm³/mol. The van der Waals surface area contributed by atoms with Gasteiger partial charge in [0.05, 0.1) is 12.5 Å². The van der Waals surface area contributed by atoms with E-state index >= 15 is 0 Å². The Morgan fingerprint density at radius 1 is 1.45 bits per heavy atom. The fourth-order valence-electron chi connectivity index (χ4n) is 0.636. The Morgan fingerprint density at radius 2 is 1.91 bits per heavy atom. The Balaban J connectivity index is 3.93. The van der Waals surface area contributed by atoms with Gasteiger partial charge in [0, 0.05) is 14.1 Å². The average molecular weight is 159 g/mol. The molecule has 0 aliphatic heterocycles. The van der Waals surface area contributed by atoms with Crippen LogP contribution >= 0.6 is 0 Å². The number of hydrogen-bond donors (Lipinski definition) is 2. The predicted octanol–water partition coefficient (Wildman–Crippen LogP) is -1.72. The van der Waals surface area contributed by atoms with Crippen molar-refractivity contribution >= 4 is 11.8 Å². The Labute approximate surface area is 65.3 Å². The van der Waals surface area contributed by atoms with Gasteiger partial charge in [-0.3, -0.25) is 9.59 Å². The van der Waals surface area contributed by atoms with E-state index < -0.39 is 11.9 Å². The maximum absolute atomic E-state index is 11.0. The third-order valence-corrected chi connectivity index (χ3v) is 1.18. The molecule has 0 aromatic carbocycles. The second-order valence-electron chi connectivity index (χ2n) is 2.51. The summed E-state index contributed by atoms with van der Waals surface area (Å²) in [7, 11) is 3.15. The summed E-state index contributed by atoms with van der Waals surface area (Å²) in [4.78, 5) is 22.6. The fraction of sp³-hybridized carbons (Fsp3) is 0.667. The second kappa shape index (κ2) is 3.92. The normalized spacial score (nSPS) is 12.3. The molecule has 0 aliphatic carbocycles. The Morgan fingerprint density at radius 3 is 2.18 bits per heavy atom. The molecule has 0 spiro atoms. The smallest absolute Gasteiger partial charge is 0.239 e. The van der Waals surface area contributed by atoms with Crippen LogP contribution in [-0.2, 0) is 9.59 Å². The number of carbonyl (C=O) groups excluding carboxylic acids is 2. The zero-order valence-electron chi connectivity index (χ0n) is 6.70. The van der Waals surface area contributed by atoms with Crippen molar-refractivity contribution in [2.45, 2.75) is 12.5 Å². The maximum atomic E-state index is 11.0. The minimum absolute atomic E-state index is 0.100. The Hall–Kier alpha value is -1.10. The number of rotatable bonds is 3. The Kier molecular flexibility index (Phi) is 3.53. The molecule has 0 unspecified atom stereocenters. The van der Waals surface area contributed by atoms with Gasteiger partial charge in [0.15, 0.2) is 0 Å². The summed E-state index contributed by atoms with van der Waals surface area (Å²) in [6.07, 6.45) is -0.100. The van der Waals surface area contributed by atoms with Crippen molar-refractivity contribution in [2.75, 3.05) is 14.1 Å². The summed E-state index contributed by atoms with van der Waals surface area (Å²) in [6.45, 7) is 0. The number of nitrogens with zero attached hydrogens (tertiary/aromatic N) is 1. The first-order valence-electron chi connectivity index (χ1n) is 3.20. The van der Waals surface area contributed by atoms with Crippen molar-refractivity contribution in [3.05, 3.63) is 0 Å². The molecule has 1 atom stereocenters. The van der Waals surface area contributed by atoms with Crippen molar-refractivity contribution in [3.63, 3.8) is 0 Å². The lowest BCUT2D eigenvalue weighted by atomic mass is 10.2. The zero-order chi connectivity index (χ0) is 9.02. The van der Waals surface area contributed by atoms with Crippen LogP contribution in [0.3, 0.4) is 0 Å². The average Bonchev–Trinajstić information content (AvgIpc) is 1.84. The van der Waals surface area contributed by atoms with Crippen molar-refractivity contribution in [2.24, 2.45) is 11.5 Å². The molecule has 2 amide bonds. The topological polar surface area (TPSA) is 89.4 Å². The molecule has 0 fully saturated rings. The van der Waals surface area contributed by atoms with Gasteiger partial charge in [0.1, 0.15) is 0 Å². The van der Waals surface area contributed by atoms with Gasteiger partial charge < -0.3 is 16.4 Å². The van der Waals surface area contributed by atoms with Gasteiger partial charge in [-0.2, -0.15) is 0 Å². The first-order chi connectivity index (χ1) is 4.95. The molecule has 0 bridgehead atoms. The van der Waals surface area contributed by atoms with Crippen molar-refractivity contribution < 1.29 is 9.59 Å². The summed E-state index contributed by atoms with van der Waals surface area (Å²) in [6, 6.07) is -0.803. The van der Waals surface area contributed by atoms with E-state index in [1.165, 1.54) is 4.90 Å². The number of amides is 2. The SMILES string of the molecule is CN(C)C(=O)[C@H](N)CC(N)=O. The van der Waals surface area contributed by atoms with E-state index in [0.29, 0.717) is 0 Å². The molecule has 4 N–H and O–H groups in total. The van der Waals surface area contributed by atoms with E-state index in [-0.39, 0.29) is 12.3 Å². The van der Waals surface area contributed by atoms with E-state index in [2.05, 4.69) is 0 Å². The molecule has 0 heterocycles. The second-order valence-corrected chi connectivity index (χ2v) is 2.51. The highest BCUT2D eigenvalue weighted by Crippen LogP contribution is 1.90. The Bertz CT molecular complexity index is 167. The van der Waals surface area contributed by atoms with E-state index in [0.717, 1.165) is 0 Å². The number of hydrogen-bond acceptors (Lipinski definition) is 3. The van der Waals surface area contributed by atoms with Crippen LogP contribution in [0.5, 0.6) is 0 Å². The quantitative estimate of drug-likeness (QED) is 0.513. The number of nitrogens with two attached hydrogens (primary N) is 2. The highest BCUT2D eigenvalue weighted by Gasteiger charge is 2.16. The van der Waals surface area contributed by atoms with Gasteiger partial charge in [-0.25, -0.2) is 0 Å². The van der Waals surface area contributed by atoms with Crippen LogP contribution in [0.4, 0.5) is 0 Å². The summed E-state index contributed by atoms with van der Waals surface area (Å²) < 4.78 is 0. The van der Waals surface area contributed by atoms with Crippen LogP contribution in [-0.4, -0.2) is 36.9 Å². The van der Waals surface area contributed by atoms with Gasteiger partial charge in [-0.1, -0.05) is 0 Å². The first-order valence-corrected chi connectivity index (χ1v) is 3.20. The van der Waals surface area contributed by atoms with E-state index in [9.17, 15) is 9.59 Å². The molecule has 64 valence electrons. The molecule has 5 nitrogen and oxygen atoms in total. The summed E-state index contributed by atoms with van der Waals surface area (Å²) in [5, 5.41) is 0. The van der Waals surface area contributed by atoms with Gasteiger partial charge in [-0.15, -0.1) is 0 Å². The molecule has 0 saturated carbocycles. The van der Waals surface area contributed by atoms with Gasteiger partial charge >= 0.3 is 0 Å². The molecular formula is C6H13N3O2. The molecule has 0 saturated heterocycles. The minimum Gasteiger partial charge on any atom is -0.370 e. The van der Waals surface area contributed by atoms with E-state index in [1.54, 1.807) is 14.1 Å². The van der Waals surface area contributed by atoms with Gasteiger partial charge in [0.2, 0.25) is 11.8 Å². The third-order valence-electron chi connectivity index (χ3n) is 1.18. The third kappa shape index (κ3) is 3.57. The van der Waals surface area contributed by atoms with Crippen molar-refractivity contribution in [1.82, 2.24) is 4.90 Å². The lowest BCUT2D eigenvalue weighted by Gasteiger charge is -2.14. The molecular weight excluding hydrogens is 146 g/mol. The van der Waals surface area contributed by atoms with Crippen LogP contribution in [0.15, 0.2) is 0 Å².